The van der Waals surface area contributed by atoms with E-state index in [2.05, 4.69) is 0 Å². The Labute approximate surface area is 213 Å². The third-order valence-corrected chi connectivity index (χ3v) is 9.49. The van der Waals surface area contributed by atoms with E-state index in [1.165, 1.54) is 6.08 Å². The van der Waals surface area contributed by atoms with Crippen molar-refractivity contribution in [3.8, 4) is 0 Å². The van der Waals surface area contributed by atoms with E-state index in [1.807, 2.05) is 0 Å². The summed E-state index contributed by atoms with van der Waals surface area (Å²) in [5, 5.41) is 33.6. The zero-order chi connectivity index (χ0) is 27.2. The van der Waals surface area contributed by atoms with Crippen molar-refractivity contribution in [3.05, 3.63) is 23.0 Å². The first-order valence-electron chi connectivity index (χ1n) is 12.3. The van der Waals surface area contributed by atoms with Gasteiger partial charge < -0.3 is 34.3 Å². The van der Waals surface area contributed by atoms with Gasteiger partial charge in [-0.05, 0) is 44.1 Å². The maximum atomic E-state index is 13.4. The molecule has 3 N–H and O–H groups in total. The lowest BCUT2D eigenvalue weighted by Crippen LogP contribution is -2.79. The number of Topliss-reactive ketones (excluding diaryl/α,β-unsaturated/α-hetero) is 1. The van der Waals surface area contributed by atoms with Crippen LogP contribution in [-0.4, -0.2) is 82.7 Å². The van der Waals surface area contributed by atoms with E-state index < -0.39 is 82.3 Å². The van der Waals surface area contributed by atoms with Gasteiger partial charge in [-0.1, -0.05) is 12.5 Å². The number of hydrogen-bond acceptors (Lipinski definition) is 11. The van der Waals surface area contributed by atoms with Crippen LogP contribution in [-0.2, 0) is 38.1 Å². The number of carbonyl (C=O) groups excluding carboxylic acids is 4. The first-order chi connectivity index (χ1) is 17.3. The summed E-state index contributed by atoms with van der Waals surface area (Å²) >= 11 is 0. The van der Waals surface area contributed by atoms with Crippen LogP contribution in [0.15, 0.2) is 23.0 Å². The Balaban J connectivity index is 1.74. The van der Waals surface area contributed by atoms with Gasteiger partial charge >= 0.3 is 17.9 Å². The highest BCUT2D eigenvalue weighted by Crippen LogP contribution is 2.72. The molecule has 0 aromatic rings. The molecule has 2 heterocycles. The lowest BCUT2D eigenvalue weighted by atomic mass is 9.38. The standard InChI is InChI=1S/C26H32O11/c1-10(2)6-15(28)37-18-20-25-9-35-26(20,23(33)34-5)21(31)17(30)19(25)24(4)8-13(27)16(29)11(3)12(24)7-14(25)36-22(18)32/h6,12,14,17-21,29-31H,7-9H2,1-5H3/t12-,14-,17-,18-,19-,20-,21+,24+,25-,26+/m1/s1. The number of esters is 3. The number of carbonyl (C=O) groups is 4. The van der Waals surface area contributed by atoms with Gasteiger partial charge in [-0.25, -0.2) is 14.4 Å². The summed E-state index contributed by atoms with van der Waals surface area (Å²) in [6, 6.07) is 0. The molecule has 11 nitrogen and oxygen atoms in total. The molecule has 0 aromatic carbocycles. The number of rotatable bonds is 3. The number of aliphatic hydroxyl groups is 3. The van der Waals surface area contributed by atoms with Crippen molar-refractivity contribution in [2.24, 2.45) is 28.6 Å². The SMILES string of the molecule is COC(=O)[C@@]12OC[C@]34[C@H]([C@@H](O)[C@@H]1O)[C@@]1(C)CC(=O)C(O)=C(C)[C@H]1C[C@H]3OC(=O)[C@H](OC(=O)C=C(C)C)[C@@H]24. The van der Waals surface area contributed by atoms with E-state index >= 15 is 0 Å². The number of ether oxygens (including phenoxy) is 4. The maximum Gasteiger partial charge on any atom is 0.348 e. The quantitative estimate of drug-likeness (QED) is 0.270. The van der Waals surface area contributed by atoms with Crippen molar-refractivity contribution >= 4 is 23.7 Å². The van der Waals surface area contributed by atoms with Crippen molar-refractivity contribution in [1.82, 2.24) is 0 Å². The molecule has 4 fully saturated rings. The predicted octanol–water partition coefficient (Wildman–Crippen LogP) is 0.517. The molecule has 11 heteroatoms. The first kappa shape index (κ1) is 25.9. The molecule has 5 aliphatic rings. The minimum absolute atomic E-state index is 0.141. The highest BCUT2D eigenvalue weighted by atomic mass is 16.6. The van der Waals surface area contributed by atoms with Crippen molar-refractivity contribution in [2.75, 3.05) is 13.7 Å². The zero-order valence-corrected chi connectivity index (χ0v) is 21.3. The lowest BCUT2D eigenvalue weighted by Gasteiger charge is -2.67. The number of ketones is 1. The van der Waals surface area contributed by atoms with Crippen molar-refractivity contribution in [3.63, 3.8) is 0 Å². The number of hydrogen-bond donors (Lipinski definition) is 3. The number of fused-ring (bicyclic) bond motifs is 2. The Morgan fingerprint density at radius 1 is 1.16 bits per heavy atom. The largest absolute Gasteiger partial charge is 0.504 e. The van der Waals surface area contributed by atoms with Crippen molar-refractivity contribution in [2.45, 2.75) is 70.6 Å². The summed E-state index contributed by atoms with van der Waals surface area (Å²) in [4.78, 5) is 52.2. The van der Waals surface area contributed by atoms with Gasteiger partial charge in [0, 0.05) is 23.8 Å². The first-order valence-corrected chi connectivity index (χ1v) is 12.3. The van der Waals surface area contributed by atoms with E-state index in [0.717, 1.165) is 7.11 Å². The third-order valence-electron chi connectivity index (χ3n) is 9.49. The van der Waals surface area contributed by atoms with Crippen LogP contribution in [0, 0.1) is 28.6 Å². The van der Waals surface area contributed by atoms with Gasteiger partial charge in [-0.3, -0.25) is 4.79 Å². The summed E-state index contributed by atoms with van der Waals surface area (Å²) in [6.45, 7) is 6.53. The van der Waals surface area contributed by atoms with Crippen LogP contribution in [0.4, 0.5) is 0 Å². The third kappa shape index (κ3) is 3.04. The number of methoxy groups -OCH3 is 1. The van der Waals surface area contributed by atoms with Crippen LogP contribution < -0.4 is 0 Å². The molecule has 5 rings (SSSR count). The molecule has 1 spiro atoms. The molecule has 2 saturated carbocycles. The fourth-order valence-electron chi connectivity index (χ4n) is 8.25. The Morgan fingerprint density at radius 3 is 2.46 bits per heavy atom. The fraction of sp³-hybridized carbons (Fsp3) is 0.692. The normalized spacial score (nSPS) is 45.9. The van der Waals surface area contributed by atoms with Crippen molar-refractivity contribution < 1.29 is 53.4 Å². The Bertz CT molecular complexity index is 1150. The molecule has 0 aromatic heterocycles. The van der Waals surface area contributed by atoms with Crippen LogP contribution in [0.1, 0.15) is 40.5 Å². The van der Waals surface area contributed by atoms with Crippen LogP contribution in [0.3, 0.4) is 0 Å². The molecule has 0 radical (unpaired) electrons. The van der Waals surface area contributed by atoms with Gasteiger partial charge in [0.2, 0.25) is 11.7 Å². The Morgan fingerprint density at radius 2 is 1.84 bits per heavy atom. The molecule has 0 amide bonds. The van der Waals surface area contributed by atoms with Crippen LogP contribution in [0.5, 0.6) is 0 Å². The van der Waals surface area contributed by atoms with Crippen LogP contribution >= 0.6 is 0 Å². The molecular weight excluding hydrogens is 488 g/mol. The molecule has 2 saturated heterocycles. The molecule has 202 valence electrons. The fourth-order valence-corrected chi connectivity index (χ4v) is 8.25. The van der Waals surface area contributed by atoms with E-state index in [0.29, 0.717) is 11.1 Å². The van der Waals surface area contributed by atoms with E-state index in [4.69, 9.17) is 18.9 Å². The Hall–Kier alpha value is -2.76. The summed E-state index contributed by atoms with van der Waals surface area (Å²) < 4.78 is 22.5. The number of allylic oxidation sites excluding steroid dienone is 3. The van der Waals surface area contributed by atoms with Gasteiger partial charge in [0.15, 0.2) is 11.5 Å². The van der Waals surface area contributed by atoms with E-state index in [9.17, 15) is 34.5 Å². The second kappa shape index (κ2) is 8.12. The molecule has 2 aliphatic heterocycles. The van der Waals surface area contributed by atoms with Crippen molar-refractivity contribution in [1.29, 1.82) is 0 Å². The summed E-state index contributed by atoms with van der Waals surface area (Å²) in [5.74, 6) is -6.30. The molecule has 10 atom stereocenters. The van der Waals surface area contributed by atoms with Crippen LogP contribution in [0.2, 0.25) is 0 Å². The van der Waals surface area contributed by atoms with Gasteiger partial charge in [0.25, 0.3) is 0 Å². The number of aliphatic hydroxyl groups excluding tert-OH is 3. The topological polar surface area (TPSA) is 166 Å². The molecule has 2 bridgehead atoms. The summed E-state index contributed by atoms with van der Waals surface area (Å²) in [7, 11) is 1.09. The maximum absolute atomic E-state index is 13.4. The van der Waals surface area contributed by atoms with Gasteiger partial charge in [-0.15, -0.1) is 0 Å². The zero-order valence-electron chi connectivity index (χ0n) is 21.3. The summed E-state index contributed by atoms with van der Waals surface area (Å²) in [5.41, 5.74) is -3.50. The van der Waals surface area contributed by atoms with Gasteiger partial charge in [0.05, 0.1) is 25.7 Å². The van der Waals surface area contributed by atoms with Gasteiger partial charge in [-0.2, -0.15) is 0 Å². The highest BCUT2D eigenvalue weighted by Gasteiger charge is 2.85. The highest BCUT2D eigenvalue weighted by molar-refractivity contribution is 5.95. The molecule has 0 unspecified atom stereocenters. The monoisotopic (exact) mass is 520 g/mol. The van der Waals surface area contributed by atoms with Gasteiger partial charge in [0.1, 0.15) is 12.2 Å². The minimum atomic E-state index is -2.22. The average molecular weight is 521 g/mol. The van der Waals surface area contributed by atoms with E-state index in [-0.39, 0.29) is 25.2 Å². The second-order valence-corrected chi connectivity index (χ2v) is 11.5. The lowest BCUT2D eigenvalue weighted by molar-refractivity contribution is -0.290. The minimum Gasteiger partial charge on any atom is -0.504 e. The summed E-state index contributed by atoms with van der Waals surface area (Å²) in [6.07, 6.45) is -4.79. The predicted molar refractivity (Wildman–Crippen MR) is 122 cm³/mol. The molecule has 37 heavy (non-hydrogen) atoms. The molecule has 3 aliphatic carbocycles. The molecular formula is C26H32O11. The Kier molecular flexibility index (Phi) is 5.68. The average Bonchev–Trinajstić information content (AvgIpc) is 3.12. The smallest absolute Gasteiger partial charge is 0.348 e. The second-order valence-electron chi connectivity index (χ2n) is 11.5. The van der Waals surface area contributed by atoms with Crippen LogP contribution in [0.25, 0.3) is 0 Å². The van der Waals surface area contributed by atoms with E-state index in [1.54, 1.807) is 27.7 Å².